The molecular formula is C20H25Cl2NO2. The number of para-hydroxylation sites is 1. The van der Waals surface area contributed by atoms with Gasteiger partial charge in [-0.25, -0.2) is 0 Å². The van der Waals surface area contributed by atoms with Crippen LogP contribution in [0.25, 0.3) is 0 Å². The first-order chi connectivity index (χ1) is 11.9. The van der Waals surface area contributed by atoms with Gasteiger partial charge in [0.15, 0.2) is 12.4 Å². The number of ether oxygens (including phenoxy) is 1. The van der Waals surface area contributed by atoms with Gasteiger partial charge in [0.25, 0.3) is 5.91 Å². The molecule has 0 aliphatic heterocycles. The van der Waals surface area contributed by atoms with Gasteiger partial charge >= 0.3 is 0 Å². The van der Waals surface area contributed by atoms with Crippen LogP contribution in [-0.2, 0) is 4.79 Å². The summed E-state index contributed by atoms with van der Waals surface area (Å²) in [6, 6.07) is 5.36. The molecule has 0 aromatic heterocycles. The number of amides is 1. The highest BCUT2D eigenvalue weighted by Crippen LogP contribution is 2.61. The Kier molecular flexibility index (Phi) is 4.66. The molecule has 4 aliphatic carbocycles. The molecular weight excluding hydrogens is 357 g/mol. The third-order valence-electron chi connectivity index (χ3n) is 6.65. The van der Waals surface area contributed by atoms with Gasteiger partial charge < -0.3 is 10.1 Å². The van der Waals surface area contributed by atoms with E-state index in [1.807, 2.05) is 0 Å². The summed E-state index contributed by atoms with van der Waals surface area (Å²) in [6.45, 7) is 2.12. The van der Waals surface area contributed by atoms with Crippen molar-refractivity contribution in [3.63, 3.8) is 0 Å². The maximum absolute atomic E-state index is 12.4. The molecule has 1 atom stereocenters. The van der Waals surface area contributed by atoms with Crippen molar-refractivity contribution in [3.05, 3.63) is 28.2 Å². The van der Waals surface area contributed by atoms with E-state index in [-0.39, 0.29) is 18.6 Å². The van der Waals surface area contributed by atoms with Gasteiger partial charge in [-0.2, -0.15) is 0 Å². The predicted octanol–water partition coefficient (Wildman–Crippen LogP) is 5.09. The zero-order valence-electron chi connectivity index (χ0n) is 14.6. The summed E-state index contributed by atoms with van der Waals surface area (Å²) >= 11 is 12.2. The average molecular weight is 382 g/mol. The fourth-order valence-electron chi connectivity index (χ4n) is 5.90. The fraction of sp³-hybridized carbons (Fsp3) is 0.650. The molecule has 0 heterocycles. The second-order valence-electron chi connectivity index (χ2n) is 8.41. The molecule has 1 amide bonds. The number of halogens is 2. The zero-order chi connectivity index (χ0) is 17.6. The summed E-state index contributed by atoms with van der Waals surface area (Å²) in [5.41, 5.74) is 0.298. The van der Waals surface area contributed by atoms with Gasteiger partial charge in [-0.15, -0.1) is 0 Å². The van der Waals surface area contributed by atoms with Crippen LogP contribution in [-0.4, -0.2) is 18.6 Å². The van der Waals surface area contributed by atoms with Gasteiger partial charge in [0.1, 0.15) is 0 Å². The van der Waals surface area contributed by atoms with Gasteiger partial charge in [0, 0.05) is 6.04 Å². The molecule has 1 N–H and O–H groups in total. The standard InChI is InChI=1S/C20H25Cl2NO2/c1-12(20-8-13-5-14(9-20)7-15(6-13)10-20)23-18(24)11-25-19-16(21)3-2-4-17(19)22/h2-4,12-15H,5-11H2,1H3,(H,23,24)/t12-,13?,14?,15?,20?/m1/s1. The molecule has 0 unspecified atom stereocenters. The third kappa shape index (κ3) is 3.38. The van der Waals surface area contributed by atoms with Gasteiger partial charge in [-0.05, 0) is 80.8 Å². The minimum absolute atomic E-state index is 0.0554. The van der Waals surface area contributed by atoms with Crippen LogP contribution < -0.4 is 10.1 Å². The Hall–Kier alpha value is -0.930. The van der Waals surface area contributed by atoms with Crippen molar-refractivity contribution in [1.29, 1.82) is 0 Å². The Morgan fingerprint density at radius 3 is 2.20 bits per heavy atom. The van der Waals surface area contributed by atoms with E-state index >= 15 is 0 Å². The Bertz CT molecular complexity index is 620. The first-order valence-electron chi connectivity index (χ1n) is 9.31. The minimum Gasteiger partial charge on any atom is -0.481 e. The van der Waals surface area contributed by atoms with E-state index in [4.69, 9.17) is 27.9 Å². The first kappa shape index (κ1) is 17.5. The molecule has 0 radical (unpaired) electrons. The zero-order valence-corrected chi connectivity index (χ0v) is 16.1. The van der Waals surface area contributed by atoms with E-state index in [1.54, 1.807) is 18.2 Å². The molecule has 5 heteroatoms. The molecule has 5 rings (SSSR count). The maximum Gasteiger partial charge on any atom is 0.258 e. The molecule has 4 fully saturated rings. The molecule has 25 heavy (non-hydrogen) atoms. The molecule has 4 saturated carbocycles. The number of hydrogen-bond donors (Lipinski definition) is 1. The summed E-state index contributed by atoms with van der Waals surface area (Å²) in [5.74, 6) is 2.92. The quantitative estimate of drug-likeness (QED) is 0.770. The average Bonchev–Trinajstić information content (AvgIpc) is 2.53. The van der Waals surface area contributed by atoms with Crippen LogP contribution in [0.5, 0.6) is 5.75 Å². The van der Waals surface area contributed by atoms with Crippen molar-refractivity contribution < 1.29 is 9.53 Å². The van der Waals surface area contributed by atoms with Crippen LogP contribution in [0.15, 0.2) is 18.2 Å². The van der Waals surface area contributed by atoms with Gasteiger partial charge in [-0.3, -0.25) is 4.79 Å². The van der Waals surface area contributed by atoms with Crippen molar-refractivity contribution >= 4 is 29.1 Å². The lowest BCUT2D eigenvalue weighted by Crippen LogP contribution is -2.56. The van der Waals surface area contributed by atoms with Crippen molar-refractivity contribution in [2.24, 2.45) is 23.2 Å². The highest BCUT2D eigenvalue weighted by Gasteiger charge is 2.53. The van der Waals surface area contributed by atoms with Gasteiger partial charge in [-0.1, -0.05) is 29.3 Å². The third-order valence-corrected chi connectivity index (χ3v) is 7.24. The molecule has 1 aromatic rings. The van der Waals surface area contributed by atoms with Crippen molar-refractivity contribution in [1.82, 2.24) is 5.32 Å². The number of carbonyl (C=O) groups excluding carboxylic acids is 1. The van der Waals surface area contributed by atoms with E-state index in [0.29, 0.717) is 21.2 Å². The summed E-state index contributed by atoms with van der Waals surface area (Å²) in [6.07, 6.45) is 8.06. The minimum atomic E-state index is -0.0979. The van der Waals surface area contributed by atoms with Crippen LogP contribution >= 0.6 is 23.2 Å². The normalized spacial score (nSPS) is 34.0. The fourth-order valence-corrected chi connectivity index (χ4v) is 6.41. The molecule has 0 spiro atoms. The van der Waals surface area contributed by atoms with Crippen LogP contribution in [0.1, 0.15) is 45.4 Å². The number of nitrogens with one attached hydrogen (secondary N) is 1. The molecule has 4 bridgehead atoms. The number of rotatable bonds is 5. The molecule has 0 saturated heterocycles. The summed E-state index contributed by atoms with van der Waals surface area (Å²) < 4.78 is 5.57. The van der Waals surface area contributed by atoms with E-state index < -0.39 is 0 Å². The second-order valence-corrected chi connectivity index (χ2v) is 9.22. The largest absolute Gasteiger partial charge is 0.481 e. The van der Waals surface area contributed by atoms with E-state index in [1.165, 1.54) is 38.5 Å². The number of hydrogen-bond acceptors (Lipinski definition) is 2. The number of benzene rings is 1. The Labute approximate surface area is 159 Å². The van der Waals surface area contributed by atoms with Crippen LogP contribution in [0.2, 0.25) is 10.0 Å². The lowest BCUT2D eigenvalue weighted by atomic mass is 9.48. The molecule has 4 aliphatic rings. The Morgan fingerprint density at radius 1 is 1.16 bits per heavy atom. The van der Waals surface area contributed by atoms with E-state index in [9.17, 15) is 4.79 Å². The summed E-state index contributed by atoms with van der Waals surface area (Å²) in [5, 5.41) is 4.05. The van der Waals surface area contributed by atoms with Crippen molar-refractivity contribution in [2.75, 3.05) is 6.61 Å². The Morgan fingerprint density at radius 2 is 1.68 bits per heavy atom. The summed E-state index contributed by atoms with van der Waals surface area (Å²) in [4.78, 5) is 12.4. The van der Waals surface area contributed by atoms with Crippen molar-refractivity contribution in [3.8, 4) is 5.75 Å². The summed E-state index contributed by atoms with van der Waals surface area (Å²) in [7, 11) is 0. The number of carbonyl (C=O) groups is 1. The van der Waals surface area contributed by atoms with Gasteiger partial charge in [0.05, 0.1) is 10.0 Å². The van der Waals surface area contributed by atoms with Gasteiger partial charge in [0.2, 0.25) is 0 Å². The maximum atomic E-state index is 12.4. The molecule has 3 nitrogen and oxygen atoms in total. The van der Waals surface area contributed by atoms with Crippen LogP contribution in [0.4, 0.5) is 0 Å². The molecule has 1 aromatic carbocycles. The van der Waals surface area contributed by atoms with Crippen LogP contribution in [0, 0.1) is 23.2 Å². The van der Waals surface area contributed by atoms with Crippen molar-refractivity contribution in [2.45, 2.75) is 51.5 Å². The Balaban J connectivity index is 1.36. The lowest BCUT2D eigenvalue weighted by molar-refractivity contribution is -0.127. The smallest absolute Gasteiger partial charge is 0.258 e. The predicted molar refractivity (Wildman–Crippen MR) is 100 cm³/mol. The SMILES string of the molecule is C[C@@H](NC(=O)COc1c(Cl)cccc1Cl)C12CC3CC(CC(C3)C1)C2. The van der Waals surface area contributed by atoms with E-state index in [0.717, 1.165) is 17.8 Å². The molecule has 136 valence electrons. The highest BCUT2D eigenvalue weighted by molar-refractivity contribution is 6.37. The second kappa shape index (κ2) is 6.66. The topological polar surface area (TPSA) is 38.3 Å². The monoisotopic (exact) mass is 381 g/mol. The first-order valence-corrected chi connectivity index (χ1v) is 10.1. The highest BCUT2D eigenvalue weighted by atomic mass is 35.5. The van der Waals surface area contributed by atoms with Crippen LogP contribution in [0.3, 0.4) is 0 Å². The lowest BCUT2D eigenvalue weighted by Gasteiger charge is -2.59. The van der Waals surface area contributed by atoms with E-state index in [2.05, 4.69) is 12.2 Å².